The van der Waals surface area contributed by atoms with Crippen LogP contribution in [0.2, 0.25) is 0 Å². The zero-order chi connectivity index (χ0) is 7.40. The van der Waals surface area contributed by atoms with Crippen molar-refractivity contribution in [1.29, 1.82) is 0 Å². The Morgan fingerprint density at radius 2 is 2.60 bits per heavy atom. The first kappa shape index (κ1) is 7.75. The SMILES string of the molecule is NC(=S)NCC1CCOC1. The molecule has 3 nitrogen and oxygen atoms in total. The summed E-state index contributed by atoms with van der Waals surface area (Å²) in [7, 11) is 0. The zero-order valence-corrected chi connectivity index (χ0v) is 6.62. The lowest BCUT2D eigenvalue weighted by Gasteiger charge is -2.07. The van der Waals surface area contributed by atoms with Crippen molar-refractivity contribution in [2.45, 2.75) is 6.42 Å². The summed E-state index contributed by atoms with van der Waals surface area (Å²) in [5.41, 5.74) is 5.25. The Balaban J connectivity index is 2.07. The van der Waals surface area contributed by atoms with Crippen LogP contribution in [0, 0.1) is 5.92 Å². The molecule has 0 saturated carbocycles. The average Bonchev–Trinajstić information content (AvgIpc) is 2.34. The van der Waals surface area contributed by atoms with Gasteiger partial charge in [0.2, 0.25) is 0 Å². The third-order valence-electron chi connectivity index (χ3n) is 1.59. The maximum atomic E-state index is 5.25. The van der Waals surface area contributed by atoms with Gasteiger partial charge in [-0.1, -0.05) is 0 Å². The largest absolute Gasteiger partial charge is 0.381 e. The molecular formula is C6H12N2OS. The van der Waals surface area contributed by atoms with Gasteiger partial charge in [0.15, 0.2) is 5.11 Å². The fraction of sp³-hybridized carbons (Fsp3) is 0.833. The van der Waals surface area contributed by atoms with Crippen LogP contribution in [0.1, 0.15) is 6.42 Å². The van der Waals surface area contributed by atoms with E-state index in [1.807, 2.05) is 0 Å². The van der Waals surface area contributed by atoms with E-state index < -0.39 is 0 Å². The Morgan fingerprint density at radius 3 is 3.10 bits per heavy atom. The second-order valence-electron chi connectivity index (χ2n) is 2.47. The van der Waals surface area contributed by atoms with Crippen LogP contribution in [0.5, 0.6) is 0 Å². The van der Waals surface area contributed by atoms with Crippen molar-refractivity contribution < 1.29 is 4.74 Å². The van der Waals surface area contributed by atoms with E-state index in [9.17, 15) is 0 Å². The highest BCUT2D eigenvalue weighted by molar-refractivity contribution is 7.80. The van der Waals surface area contributed by atoms with E-state index in [2.05, 4.69) is 17.5 Å². The van der Waals surface area contributed by atoms with Crippen molar-refractivity contribution in [3.8, 4) is 0 Å². The topological polar surface area (TPSA) is 47.3 Å². The van der Waals surface area contributed by atoms with Gasteiger partial charge < -0.3 is 15.8 Å². The molecule has 0 aromatic carbocycles. The molecule has 3 N–H and O–H groups in total. The van der Waals surface area contributed by atoms with Gasteiger partial charge in [-0.3, -0.25) is 0 Å². The van der Waals surface area contributed by atoms with Crippen LogP contribution < -0.4 is 11.1 Å². The van der Waals surface area contributed by atoms with Gasteiger partial charge in [-0.2, -0.15) is 0 Å². The van der Waals surface area contributed by atoms with Gasteiger partial charge in [-0.05, 0) is 18.6 Å². The number of hydrogen-bond donors (Lipinski definition) is 2. The first-order valence-corrected chi connectivity index (χ1v) is 3.81. The highest BCUT2D eigenvalue weighted by atomic mass is 32.1. The van der Waals surface area contributed by atoms with E-state index in [0.29, 0.717) is 11.0 Å². The van der Waals surface area contributed by atoms with Crippen molar-refractivity contribution in [3.05, 3.63) is 0 Å². The molecule has 0 aromatic heterocycles. The molecule has 58 valence electrons. The molecule has 1 aliphatic heterocycles. The summed E-state index contributed by atoms with van der Waals surface area (Å²) in [5, 5.41) is 3.30. The lowest BCUT2D eigenvalue weighted by Crippen LogP contribution is -2.33. The summed E-state index contributed by atoms with van der Waals surface area (Å²) in [6.07, 6.45) is 1.12. The highest BCUT2D eigenvalue weighted by Crippen LogP contribution is 2.10. The van der Waals surface area contributed by atoms with E-state index in [-0.39, 0.29) is 0 Å². The fourth-order valence-electron chi connectivity index (χ4n) is 0.989. The third kappa shape index (κ3) is 2.49. The summed E-state index contributed by atoms with van der Waals surface area (Å²) in [6.45, 7) is 2.58. The number of ether oxygens (including phenoxy) is 1. The molecule has 0 spiro atoms. The summed E-state index contributed by atoms with van der Waals surface area (Å²) >= 11 is 4.66. The molecule has 0 radical (unpaired) electrons. The Morgan fingerprint density at radius 1 is 1.80 bits per heavy atom. The minimum Gasteiger partial charge on any atom is -0.381 e. The molecule has 1 unspecified atom stereocenters. The quantitative estimate of drug-likeness (QED) is 0.552. The zero-order valence-electron chi connectivity index (χ0n) is 5.80. The molecule has 0 amide bonds. The van der Waals surface area contributed by atoms with E-state index in [4.69, 9.17) is 10.5 Å². The van der Waals surface area contributed by atoms with Gasteiger partial charge in [-0.25, -0.2) is 0 Å². The van der Waals surface area contributed by atoms with E-state index >= 15 is 0 Å². The fourth-order valence-corrected chi connectivity index (χ4v) is 1.07. The lowest BCUT2D eigenvalue weighted by molar-refractivity contribution is 0.186. The van der Waals surface area contributed by atoms with Gasteiger partial charge in [0.05, 0.1) is 6.61 Å². The smallest absolute Gasteiger partial charge is 0.163 e. The van der Waals surface area contributed by atoms with Crippen molar-refractivity contribution in [2.24, 2.45) is 11.7 Å². The molecule has 1 atom stereocenters. The van der Waals surface area contributed by atoms with Crippen LogP contribution in [0.4, 0.5) is 0 Å². The van der Waals surface area contributed by atoms with Crippen molar-refractivity contribution in [3.63, 3.8) is 0 Å². The Hall–Kier alpha value is -0.350. The molecule has 1 saturated heterocycles. The normalized spacial score (nSPS) is 24.6. The van der Waals surface area contributed by atoms with Gasteiger partial charge in [0.1, 0.15) is 0 Å². The maximum Gasteiger partial charge on any atom is 0.163 e. The predicted octanol–water partition coefficient (Wildman–Crippen LogP) is -0.144. The van der Waals surface area contributed by atoms with Crippen molar-refractivity contribution in [2.75, 3.05) is 19.8 Å². The standard InChI is InChI=1S/C6H12N2OS/c7-6(10)8-3-5-1-2-9-4-5/h5H,1-4H2,(H3,7,8,10). The van der Waals surface area contributed by atoms with Gasteiger partial charge in [0, 0.05) is 19.1 Å². The number of nitrogens with one attached hydrogen (secondary N) is 1. The van der Waals surface area contributed by atoms with Crippen LogP contribution in [-0.2, 0) is 4.74 Å². The van der Waals surface area contributed by atoms with Crippen LogP contribution >= 0.6 is 12.2 Å². The second kappa shape index (κ2) is 3.73. The molecule has 0 bridgehead atoms. The summed E-state index contributed by atoms with van der Waals surface area (Å²) in [6, 6.07) is 0. The molecule has 0 aliphatic carbocycles. The summed E-state index contributed by atoms with van der Waals surface area (Å²) in [5.74, 6) is 0.599. The monoisotopic (exact) mass is 160 g/mol. The number of nitrogens with two attached hydrogens (primary N) is 1. The van der Waals surface area contributed by atoms with Crippen LogP contribution in [0.25, 0.3) is 0 Å². The number of rotatable bonds is 2. The first-order chi connectivity index (χ1) is 4.79. The molecular weight excluding hydrogens is 148 g/mol. The molecule has 0 aromatic rings. The molecule has 1 rings (SSSR count). The van der Waals surface area contributed by atoms with Crippen LogP contribution in [0.15, 0.2) is 0 Å². The van der Waals surface area contributed by atoms with E-state index in [1.54, 1.807) is 0 Å². The van der Waals surface area contributed by atoms with Gasteiger partial charge in [-0.15, -0.1) is 0 Å². The predicted molar refractivity (Wildman–Crippen MR) is 43.7 cm³/mol. The molecule has 1 aliphatic rings. The number of thiocarbonyl (C=S) groups is 1. The first-order valence-electron chi connectivity index (χ1n) is 3.40. The summed E-state index contributed by atoms with van der Waals surface area (Å²) < 4.78 is 5.17. The minimum atomic E-state index is 0.381. The van der Waals surface area contributed by atoms with Crippen LogP contribution in [-0.4, -0.2) is 24.9 Å². The molecule has 4 heteroatoms. The molecule has 1 fully saturated rings. The van der Waals surface area contributed by atoms with Crippen molar-refractivity contribution >= 4 is 17.3 Å². The second-order valence-corrected chi connectivity index (χ2v) is 2.91. The molecule has 1 heterocycles. The summed E-state index contributed by atoms with van der Waals surface area (Å²) in [4.78, 5) is 0. The molecule has 10 heavy (non-hydrogen) atoms. The van der Waals surface area contributed by atoms with E-state index in [0.717, 1.165) is 26.2 Å². The minimum absolute atomic E-state index is 0.381. The maximum absolute atomic E-state index is 5.25. The Bertz CT molecular complexity index is 123. The Kier molecular flexibility index (Phi) is 2.89. The van der Waals surface area contributed by atoms with E-state index in [1.165, 1.54) is 0 Å². The van der Waals surface area contributed by atoms with Gasteiger partial charge >= 0.3 is 0 Å². The van der Waals surface area contributed by atoms with Gasteiger partial charge in [0.25, 0.3) is 0 Å². The van der Waals surface area contributed by atoms with Crippen molar-refractivity contribution in [1.82, 2.24) is 5.32 Å². The average molecular weight is 160 g/mol. The highest BCUT2D eigenvalue weighted by Gasteiger charge is 2.14. The lowest BCUT2D eigenvalue weighted by atomic mass is 10.1. The van der Waals surface area contributed by atoms with Crippen LogP contribution in [0.3, 0.4) is 0 Å². The third-order valence-corrected chi connectivity index (χ3v) is 1.73. The Labute approximate surface area is 65.9 Å². The number of hydrogen-bond acceptors (Lipinski definition) is 2.